The molecule has 1 atom stereocenters. The summed E-state index contributed by atoms with van der Waals surface area (Å²) in [4.78, 5) is 22.2. The predicted octanol–water partition coefficient (Wildman–Crippen LogP) is -0.634. The Labute approximate surface area is 84.4 Å². The molecule has 0 aromatic rings. The lowest BCUT2D eigenvalue weighted by atomic mass is 10.2. The third-order valence-electron chi connectivity index (χ3n) is 1.77. The van der Waals surface area contributed by atoms with Crippen molar-refractivity contribution in [3.05, 3.63) is 0 Å². The van der Waals surface area contributed by atoms with Gasteiger partial charge in [-0.25, -0.2) is 0 Å². The minimum atomic E-state index is -0.519. The third-order valence-corrected chi connectivity index (χ3v) is 1.77. The smallest absolute Gasteiger partial charge is 0.239 e. The average molecular weight is 201 g/mol. The molecule has 0 aromatic carbocycles. The van der Waals surface area contributed by atoms with Crippen LogP contribution in [0.5, 0.6) is 0 Å². The zero-order valence-electron chi connectivity index (χ0n) is 8.80. The summed E-state index contributed by atoms with van der Waals surface area (Å²) in [6.07, 6.45) is 1.45. The van der Waals surface area contributed by atoms with Gasteiger partial charge in [0.2, 0.25) is 11.8 Å². The Morgan fingerprint density at radius 2 is 1.93 bits per heavy atom. The minimum absolute atomic E-state index is 0.00648. The maximum absolute atomic E-state index is 11.1. The number of hydrogen-bond acceptors (Lipinski definition) is 3. The van der Waals surface area contributed by atoms with Crippen LogP contribution in [0, 0.1) is 0 Å². The number of amides is 2. The Kier molecular flexibility index (Phi) is 6.74. The number of rotatable bonds is 6. The molecule has 0 aliphatic carbocycles. The molecule has 0 aliphatic heterocycles. The molecule has 0 fully saturated rings. The van der Waals surface area contributed by atoms with Crippen LogP contribution in [0.1, 0.15) is 26.7 Å². The highest BCUT2D eigenvalue weighted by Crippen LogP contribution is 1.84. The summed E-state index contributed by atoms with van der Waals surface area (Å²) in [5.74, 6) is -0.456. The number of carbonyl (C=O) groups excluding carboxylic acids is 2. The van der Waals surface area contributed by atoms with Crippen molar-refractivity contribution in [1.29, 1.82) is 0 Å². The molecule has 0 bridgehead atoms. The fourth-order valence-electron chi connectivity index (χ4n) is 0.811. The number of carbonyl (C=O) groups is 2. The molecule has 1 unspecified atom stereocenters. The van der Waals surface area contributed by atoms with Crippen LogP contribution in [0.2, 0.25) is 0 Å². The maximum Gasteiger partial charge on any atom is 0.239 e. The van der Waals surface area contributed by atoms with Crippen molar-refractivity contribution in [2.45, 2.75) is 32.7 Å². The maximum atomic E-state index is 11.1. The molecule has 2 amide bonds. The van der Waals surface area contributed by atoms with E-state index in [9.17, 15) is 9.59 Å². The lowest BCUT2D eigenvalue weighted by Crippen LogP contribution is -2.44. The van der Waals surface area contributed by atoms with Crippen LogP contribution >= 0.6 is 0 Å². The van der Waals surface area contributed by atoms with E-state index in [1.807, 2.05) is 13.8 Å². The highest BCUT2D eigenvalue weighted by molar-refractivity contribution is 5.87. The first-order valence-corrected chi connectivity index (χ1v) is 4.91. The standard InChI is InChI=1S/C9H19N3O2/c1-3-5-11-8(13)6-12-9(14)7(10)4-2/h7H,3-6,10H2,1-2H3,(H,11,13)(H,12,14). The quantitative estimate of drug-likeness (QED) is 0.535. The molecule has 0 saturated heterocycles. The molecule has 5 heteroatoms. The Bertz CT molecular complexity index is 194. The first-order chi connectivity index (χ1) is 6.61. The van der Waals surface area contributed by atoms with Crippen LogP contribution < -0.4 is 16.4 Å². The summed E-state index contributed by atoms with van der Waals surface area (Å²) in [5, 5.41) is 5.12. The van der Waals surface area contributed by atoms with Gasteiger partial charge in [0, 0.05) is 6.54 Å². The summed E-state index contributed by atoms with van der Waals surface area (Å²) < 4.78 is 0. The van der Waals surface area contributed by atoms with E-state index < -0.39 is 6.04 Å². The molecule has 5 nitrogen and oxygen atoms in total. The first kappa shape index (κ1) is 12.9. The Morgan fingerprint density at radius 1 is 1.29 bits per heavy atom. The average Bonchev–Trinajstić information content (AvgIpc) is 2.21. The number of hydrogen-bond donors (Lipinski definition) is 3. The summed E-state index contributed by atoms with van der Waals surface area (Å²) in [5.41, 5.74) is 5.46. The fraction of sp³-hybridized carbons (Fsp3) is 0.778. The molecule has 0 heterocycles. The molecular formula is C9H19N3O2. The molecular weight excluding hydrogens is 182 g/mol. The van der Waals surface area contributed by atoms with Crippen LogP contribution in [0.15, 0.2) is 0 Å². The highest BCUT2D eigenvalue weighted by atomic mass is 16.2. The summed E-state index contributed by atoms with van der Waals surface area (Å²) in [6, 6.07) is -0.519. The number of nitrogens with two attached hydrogens (primary N) is 1. The SMILES string of the molecule is CCCNC(=O)CNC(=O)C(N)CC. The van der Waals surface area contributed by atoms with E-state index in [2.05, 4.69) is 10.6 Å². The van der Waals surface area contributed by atoms with E-state index in [-0.39, 0.29) is 18.4 Å². The Balaban J connectivity index is 3.61. The summed E-state index contributed by atoms with van der Waals surface area (Å²) >= 11 is 0. The second-order valence-electron chi connectivity index (χ2n) is 3.08. The topological polar surface area (TPSA) is 84.2 Å². The minimum Gasteiger partial charge on any atom is -0.355 e. The molecule has 0 radical (unpaired) electrons. The summed E-state index contributed by atoms with van der Waals surface area (Å²) in [7, 11) is 0. The van der Waals surface area contributed by atoms with Gasteiger partial charge in [-0.1, -0.05) is 13.8 Å². The lowest BCUT2D eigenvalue weighted by Gasteiger charge is -2.09. The summed E-state index contributed by atoms with van der Waals surface area (Å²) in [6.45, 7) is 4.42. The fourth-order valence-corrected chi connectivity index (χ4v) is 0.811. The molecule has 0 spiro atoms. The van der Waals surface area contributed by atoms with Gasteiger partial charge >= 0.3 is 0 Å². The molecule has 82 valence electrons. The van der Waals surface area contributed by atoms with Gasteiger partial charge in [-0.15, -0.1) is 0 Å². The first-order valence-electron chi connectivity index (χ1n) is 4.91. The van der Waals surface area contributed by atoms with E-state index >= 15 is 0 Å². The van der Waals surface area contributed by atoms with Crippen molar-refractivity contribution >= 4 is 11.8 Å². The zero-order chi connectivity index (χ0) is 11.0. The largest absolute Gasteiger partial charge is 0.355 e. The van der Waals surface area contributed by atoms with E-state index in [1.165, 1.54) is 0 Å². The van der Waals surface area contributed by atoms with E-state index in [0.717, 1.165) is 6.42 Å². The van der Waals surface area contributed by atoms with Gasteiger partial charge in [-0.3, -0.25) is 9.59 Å². The van der Waals surface area contributed by atoms with Crippen LogP contribution in [0.4, 0.5) is 0 Å². The van der Waals surface area contributed by atoms with E-state index in [0.29, 0.717) is 13.0 Å². The lowest BCUT2D eigenvalue weighted by molar-refractivity contribution is -0.126. The van der Waals surface area contributed by atoms with E-state index in [1.54, 1.807) is 0 Å². The zero-order valence-corrected chi connectivity index (χ0v) is 8.80. The number of nitrogens with one attached hydrogen (secondary N) is 2. The van der Waals surface area contributed by atoms with Crippen LogP contribution in [0.3, 0.4) is 0 Å². The van der Waals surface area contributed by atoms with Gasteiger partial charge in [0.15, 0.2) is 0 Å². The second kappa shape index (κ2) is 7.32. The van der Waals surface area contributed by atoms with Crippen LogP contribution in [-0.4, -0.2) is 30.9 Å². The molecule has 4 N–H and O–H groups in total. The van der Waals surface area contributed by atoms with Gasteiger partial charge in [0.1, 0.15) is 0 Å². The highest BCUT2D eigenvalue weighted by Gasteiger charge is 2.11. The van der Waals surface area contributed by atoms with Crippen LogP contribution in [-0.2, 0) is 9.59 Å². The third kappa shape index (κ3) is 5.53. The molecule has 0 aliphatic rings. The van der Waals surface area contributed by atoms with Crippen molar-refractivity contribution in [2.24, 2.45) is 5.73 Å². The van der Waals surface area contributed by atoms with Gasteiger partial charge in [0.25, 0.3) is 0 Å². The van der Waals surface area contributed by atoms with Gasteiger partial charge in [0.05, 0.1) is 12.6 Å². The molecule has 14 heavy (non-hydrogen) atoms. The monoisotopic (exact) mass is 201 g/mol. The predicted molar refractivity (Wildman–Crippen MR) is 54.6 cm³/mol. The van der Waals surface area contributed by atoms with Crippen LogP contribution in [0.25, 0.3) is 0 Å². The van der Waals surface area contributed by atoms with Gasteiger partial charge in [-0.05, 0) is 12.8 Å². The second-order valence-corrected chi connectivity index (χ2v) is 3.08. The van der Waals surface area contributed by atoms with E-state index in [4.69, 9.17) is 5.73 Å². The normalized spacial score (nSPS) is 11.9. The van der Waals surface area contributed by atoms with Gasteiger partial charge < -0.3 is 16.4 Å². The molecule has 0 rings (SSSR count). The van der Waals surface area contributed by atoms with Crippen molar-refractivity contribution in [1.82, 2.24) is 10.6 Å². The van der Waals surface area contributed by atoms with Crippen molar-refractivity contribution in [2.75, 3.05) is 13.1 Å². The Morgan fingerprint density at radius 3 is 2.43 bits per heavy atom. The molecule has 0 saturated carbocycles. The Hall–Kier alpha value is -1.10. The van der Waals surface area contributed by atoms with Crippen molar-refractivity contribution < 1.29 is 9.59 Å². The molecule has 0 aromatic heterocycles. The van der Waals surface area contributed by atoms with Gasteiger partial charge in [-0.2, -0.15) is 0 Å². The van der Waals surface area contributed by atoms with Crippen molar-refractivity contribution in [3.63, 3.8) is 0 Å². The van der Waals surface area contributed by atoms with Crippen molar-refractivity contribution in [3.8, 4) is 0 Å².